The summed E-state index contributed by atoms with van der Waals surface area (Å²) >= 11 is 0. The lowest BCUT2D eigenvalue weighted by molar-refractivity contribution is -0.137. The zero-order valence-electron chi connectivity index (χ0n) is 11.2. The predicted octanol–water partition coefficient (Wildman–Crippen LogP) is 1.83. The van der Waals surface area contributed by atoms with E-state index in [1.165, 1.54) is 0 Å². The number of hydrogen-bond donors (Lipinski definition) is 2. The van der Waals surface area contributed by atoms with Gasteiger partial charge in [0.15, 0.2) is 0 Å². The molecule has 0 saturated carbocycles. The quantitative estimate of drug-likeness (QED) is 0.888. The summed E-state index contributed by atoms with van der Waals surface area (Å²) in [5.41, 5.74) is 4.49. The number of alkyl halides is 3. The molecule has 0 atom stereocenters. The van der Waals surface area contributed by atoms with Crippen LogP contribution in [-0.4, -0.2) is 41.5 Å². The fourth-order valence-corrected chi connectivity index (χ4v) is 2.24. The second-order valence-corrected chi connectivity index (χ2v) is 5.12. The molecule has 2 heterocycles. The van der Waals surface area contributed by atoms with Crippen molar-refractivity contribution in [3.05, 3.63) is 11.8 Å². The number of halogens is 3. The summed E-state index contributed by atoms with van der Waals surface area (Å²) in [4.78, 5) is 9.28. The van der Waals surface area contributed by atoms with E-state index in [-0.39, 0.29) is 11.8 Å². The Morgan fingerprint density at radius 3 is 2.65 bits per heavy atom. The monoisotopic (exact) mass is 289 g/mol. The lowest BCUT2D eigenvalue weighted by Gasteiger charge is -2.29. The second-order valence-electron chi connectivity index (χ2n) is 5.12. The third-order valence-electron chi connectivity index (χ3n) is 3.51. The molecule has 0 aromatic carbocycles. The molecule has 112 valence electrons. The van der Waals surface area contributed by atoms with Gasteiger partial charge >= 0.3 is 6.18 Å². The van der Waals surface area contributed by atoms with Crippen LogP contribution in [0.15, 0.2) is 6.20 Å². The normalized spacial score (nSPS) is 18.2. The molecule has 1 aromatic heterocycles. The van der Waals surface area contributed by atoms with Gasteiger partial charge in [-0.3, -0.25) is 0 Å². The van der Waals surface area contributed by atoms with Gasteiger partial charge < -0.3 is 16.0 Å². The van der Waals surface area contributed by atoms with E-state index in [1.807, 2.05) is 7.05 Å². The Labute approximate surface area is 115 Å². The molecule has 2 rings (SSSR count). The molecule has 1 saturated heterocycles. The molecule has 0 bridgehead atoms. The van der Waals surface area contributed by atoms with Gasteiger partial charge in [0.05, 0.1) is 0 Å². The van der Waals surface area contributed by atoms with E-state index >= 15 is 0 Å². The van der Waals surface area contributed by atoms with E-state index < -0.39 is 11.7 Å². The number of anilines is 2. The van der Waals surface area contributed by atoms with Gasteiger partial charge in [-0.05, 0) is 38.9 Å². The molecule has 0 aliphatic carbocycles. The number of aromatic nitrogens is 2. The average Bonchev–Trinajstić information content (AvgIpc) is 2.36. The first-order valence-electron chi connectivity index (χ1n) is 6.48. The Bertz CT molecular complexity index is 455. The lowest BCUT2D eigenvalue weighted by atomic mass is 9.97. The van der Waals surface area contributed by atoms with Gasteiger partial charge in [0.2, 0.25) is 5.95 Å². The van der Waals surface area contributed by atoms with Crippen molar-refractivity contribution in [3.8, 4) is 0 Å². The van der Waals surface area contributed by atoms with Gasteiger partial charge in [0.25, 0.3) is 0 Å². The molecule has 0 unspecified atom stereocenters. The molecule has 1 fully saturated rings. The van der Waals surface area contributed by atoms with Crippen molar-refractivity contribution in [2.75, 3.05) is 37.7 Å². The Morgan fingerprint density at radius 2 is 2.05 bits per heavy atom. The maximum absolute atomic E-state index is 12.8. The van der Waals surface area contributed by atoms with Crippen LogP contribution in [-0.2, 0) is 6.18 Å². The van der Waals surface area contributed by atoms with Gasteiger partial charge in [0, 0.05) is 12.7 Å². The number of nitrogen functional groups attached to an aromatic ring is 1. The first-order valence-corrected chi connectivity index (χ1v) is 6.48. The summed E-state index contributed by atoms with van der Waals surface area (Å²) in [7, 11) is 2.04. The maximum Gasteiger partial charge on any atom is 0.421 e. The summed E-state index contributed by atoms with van der Waals surface area (Å²) in [5, 5.41) is 2.78. The molecule has 8 heteroatoms. The standard InChI is InChI=1S/C12H18F3N5/c1-20-4-2-8(3-5-20)6-17-10-9(12(13,14)15)7-18-11(16)19-10/h7-8H,2-6H2,1H3,(H3,16,17,18,19). The molecule has 1 aliphatic heterocycles. The van der Waals surface area contributed by atoms with Crippen LogP contribution in [0.2, 0.25) is 0 Å². The topological polar surface area (TPSA) is 67.1 Å². The van der Waals surface area contributed by atoms with E-state index in [9.17, 15) is 13.2 Å². The number of rotatable bonds is 3. The van der Waals surface area contributed by atoms with Crippen molar-refractivity contribution in [1.82, 2.24) is 14.9 Å². The SMILES string of the molecule is CN1CCC(CNc2nc(N)ncc2C(F)(F)F)CC1. The van der Waals surface area contributed by atoms with Crippen molar-refractivity contribution in [3.63, 3.8) is 0 Å². The lowest BCUT2D eigenvalue weighted by Crippen LogP contribution is -2.33. The van der Waals surface area contributed by atoms with Crippen LogP contribution in [0.3, 0.4) is 0 Å². The number of nitrogens with one attached hydrogen (secondary N) is 1. The zero-order chi connectivity index (χ0) is 14.8. The van der Waals surface area contributed by atoms with Gasteiger partial charge in [-0.15, -0.1) is 0 Å². The maximum atomic E-state index is 12.8. The van der Waals surface area contributed by atoms with E-state index in [2.05, 4.69) is 20.2 Å². The van der Waals surface area contributed by atoms with E-state index in [1.54, 1.807) is 0 Å². The molecule has 20 heavy (non-hydrogen) atoms. The fraction of sp³-hybridized carbons (Fsp3) is 0.667. The Kier molecular flexibility index (Phi) is 4.32. The van der Waals surface area contributed by atoms with E-state index in [4.69, 9.17) is 5.73 Å². The molecule has 3 N–H and O–H groups in total. The molecule has 0 amide bonds. The Hall–Kier alpha value is -1.57. The Balaban J connectivity index is 2.03. The molecule has 1 aromatic rings. The van der Waals surface area contributed by atoms with Crippen LogP contribution < -0.4 is 11.1 Å². The number of nitrogens with two attached hydrogens (primary N) is 1. The number of likely N-dealkylation sites (tertiary alicyclic amines) is 1. The summed E-state index contributed by atoms with van der Waals surface area (Å²) in [6.07, 6.45) is -1.83. The highest BCUT2D eigenvalue weighted by Crippen LogP contribution is 2.33. The van der Waals surface area contributed by atoms with Crippen LogP contribution in [0.25, 0.3) is 0 Å². The van der Waals surface area contributed by atoms with Crippen molar-refractivity contribution in [2.24, 2.45) is 5.92 Å². The highest BCUT2D eigenvalue weighted by Gasteiger charge is 2.35. The third-order valence-corrected chi connectivity index (χ3v) is 3.51. The summed E-state index contributed by atoms with van der Waals surface area (Å²) in [6, 6.07) is 0. The highest BCUT2D eigenvalue weighted by molar-refractivity contribution is 5.47. The molecule has 0 spiro atoms. The van der Waals surface area contributed by atoms with Crippen molar-refractivity contribution < 1.29 is 13.2 Å². The molecular formula is C12H18F3N5. The third kappa shape index (κ3) is 3.72. The summed E-state index contributed by atoms with van der Waals surface area (Å²) in [5.74, 6) is -0.0451. The molecule has 5 nitrogen and oxygen atoms in total. The van der Waals surface area contributed by atoms with Gasteiger partial charge in [0.1, 0.15) is 11.4 Å². The first-order chi connectivity index (χ1) is 9.36. The number of hydrogen-bond acceptors (Lipinski definition) is 5. The molecule has 1 aliphatic rings. The minimum Gasteiger partial charge on any atom is -0.369 e. The molecular weight excluding hydrogens is 271 g/mol. The largest absolute Gasteiger partial charge is 0.421 e. The smallest absolute Gasteiger partial charge is 0.369 e. The van der Waals surface area contributed by atoms with Crippen LogP contribution in [0.4, 0.5) is 24.9 Å². The average molecular weight is 289 g/mol. The minimum absolute atomic E-state index is 0.163. The van der Waals surface area contributed by atoms with Gasteiger partial charge in [-0.2, -0.15) is 18.2 Å². The van der Waals surface area contributed by atoms with Crippen LogP contribution in [0.5, 0.6) is 0 Å². The van der Waals surface area contributed by atoms with Crippen LogP contribution in [0.1, 0.15) is 18.4 Å². The molecule has 0 radical (unpaired) electrons. The highest BCUT2D eigenvalue weighted by atomic mass is 19.4. The van der Waals surface area contributed by atoms with E-state index in [0.29, 0.717) is 12.5 Å². The first kappa shape index (κ1) is 14.8. The van der Waals surface area contributed by atoms with Gasteiger partial charge in [-0.1, -0.05) is 0 Å². The summed E-state index contributed by atoms with van der Waals surface area (Å²) < 4.78 is 38.5. The fourth-order valence-electron chi connectivity index (χ4n) is 2.24. The summed E-state index contributed by atoms with van der Waals surface area (Å²) in [6.45, 7) is 2.39. The van der Waals surface area contributed by atoms with Crippen molar-refractivity contribution in [2.45, 2.75) is 19.0 Å². The predicted molar refractivity (Wildman–Crippen MR) is 70.2 cm³/mol. The second kappa shape index (κ2) is 5.82. The van der Waals surface area contributed by atoms with Crippen molar-refractivity contribution >= 4 is 11.8 Å². The number of piperidine rings is 1. The zero-order valence-corrected chi connectivity index (χ0v) is 11.2. The Morgan fingerprint density at radius 1 is 1.40 bits per heavy atom. The van der Waals surface area contributed by atoms with Crippen LogP contribution >= 0.6 is 0 Å². The minimum atomic E-state index is -4.48. The van der Waals surface area contributed by atoms with Crippen LogP contribution in [0, 0.1) is 5.92 Å². The number of nitrogens with zero attached hydrogens (tertiary/aromatic N) is 3. The van der Waals surface area contributed by atoms with Crippen molar-refractivity contribution in [1.29, 1.82) is 0 Å². The van der Waals surface area contributed by atoms with E-state index in [0.717, 1.165) is 32.1 Å². The van der Waals surface area contributed by atoms with Gasteiger partial charge in [-0.25, -0.2) is 4.98 Å².